The van der Waals surface area contributed by atoms with Crippen LogP contribution in [0.3, 0.4) is 0 Å². The van der Waals surface area contributed by atoms with Gasteiger partial charge in [-0.25, -0.2) is 0 Å². The molecule has 2 aromatic rings. The van der Waals surface area contributed by atoms with Crippen LogP contribution < -0.4 is 10.6 Å². The maximum atomic E-state index is 12.5. The Hall–Kier alpha value is -3.15. The minimum absolute atomic E-state index is 0.300. The minimum Gasteiger partial charge on any atom is -0.455 e. The zero-order valence-corrected chi connectivity index (χ0v) is 15.7. The predicted octanol–water partition coefficient (Wildman–Crippen LogP) is 3.06. The molecule has 0 spiro atoms. The van der Waals surface area contributed by atoms with E-state index in [4.69, 9.17) is 4.74 Å². The SMILES string of the molecule is Cc1ccc(CNC(=O)c2ccccc2NC(=O)COC(=O)C(C)C)cc1. The number of ether oxygens (including phenoxy) is 1. The Bertz CT molecular complexity index is 813. The fraction of sp³-hybridized carbons (Fsp3) is 0.286. The van der Waals surface area contributed by atoms with Crippen LogP contribution in [-0.4, -0.2) is 24.4 Å². The highest BCUT2D eigenvalue weighted by atomic mass is 16.5. The normalized spacial score (nSPS) is 10.4. The van der Waals surface area contributed by atoms with E-state index >= 15 is 0 Å². The number of hydrogen-bond acceptors (Lipinski definition) is 4. The van der Waals surface area contributed by atoms with Crippen molar-refractivity contribution in [2.75, 3.05) is 11.9 Å². The van der Waals surface area contributed by atoms with E-state index in [1.54, 1.807) is 38.1 Å². The second kappa shape index (κ2) is 9.52. The summed E-state index contributed by atoms with van der Waals surface area (Å²) < 4.78 is 4.90. The third kappa shape index (κ3) is 6.26. The average molecular weight is 368 g/mol. The molecule has 0 saturated carbocycles. The van der Waals surface area contributed by atoms with Gasteiger partial charge in [0, 0.05) is 6.54 Å². The lowest BCUT2D eigenvalue weighted by Gasteiger charge is -2.12. The van der Waals surface area contributed by atoms with Gasteiger partial charge >= 0.3 is 5.97 Å². The first-order valence-corrected chi connectivity index (χ1v) is 8.76. The predicted molar refractivity (Wildman–Crippen MR) is 103 cm³/mol. The third-order valence-corrected chi connectivity index (χ3v) is 3.84. The summed E-state index contributed by atoms with van der Waals surface area (Å²) in [5.41, 5.74) is 2.84. The van der Waals surface area contributed by atoms with Crippen LogP contribution in [0.4, 0.5) is 5.69 Å². The summed E-state index contributed by atoms with van der Waals surface area (Å²) in [5, 5.41) is 5.45. The molecular formula is C21H24N2O4. The summed E-state index contributed by atoms with van der Waals surface area (Å²) >= 11 is 0. The van der Waals surface area contributed by atoms with E-state index in [0.717, 1.165) is 11.1 Å². The smallest absolute Gasteiger partial charge is 0.308 e. The standard InChI is InChI=1S/C21H24N2O4/c1-14(2)21(26)27-13-19(24)23-18-7-5-4-6-17(18)20(25)22-12-16-10-8-15(3)9-11-16/h4-11,14H,12-13H2,1-3H3,(H,22,25)(H,23,24). The molecule has 6 heteroatoms. The van der Waals surface area contributed by atoms with E-state index in [9.17, 15) is 14.4 Å². The zero-order valence-electron chi connectivity index (χ0n) is 15.7. The Kier molecular flexibility index (Phi) is 7.11. The van der Waals surface area contributed by atoms with Crippen molar-refractivity contribution in [3.63, 3.8) is 0 Å². The lowest BCUT2D eigenvalue weighted by atomic mass is 10.1. The zero-order chi connectivity index (χ0) is 19.8. The van der Waals surface area contributed by atoms with Gasteiger partial charge in [-0.3, -0.25) is 14.4 Å². The number of para-hydroxylation sites is 1. The number of esters is 1. The van der Waals surface area contributed by atoms with Crippen LogP contribution in [-0.2, 0) is 20.9 Å². The second-order valence-corrected chi connectivity index (χ2v) is 6.52. The number of benzene rings is 2. The molecule has 0 aliphatic carbocycles. The lowest BCUT2D eigenvalue weighted by Crippen LogP contribution is -2.26. The van der Waals surface area contributed by atoms with Crippen LogP contribution in [0.1, 0.15) is 35.3 Å². The summed E-state index contributed by atoms with van der Waals surface area (Å²) in [5.74, 6) is -1.56. The molecule has 0 fully saturated rings. The van der Waals surface area contributed by atoms with Gasteiger partial charge in [0.1, 0.15) is 0 Å². The quantitative estimate of drug-likeness (QED) is 0.736. The monoisotopic (exact) mass is 368 g/mol. The van der Waals surface area contributed by atoms with Gasteiger partial charge < -0.3 is 15.4 Å². The van der Waals surface area contributed by atoms with Gasteiger partial charge in [-0.15, -0.1) is 0 Å². The van der Waals surface area contributed by atoms with Gasteiger partial charge in [-0.2, -0.15) is 0 Å². The molecule has 2 aromatic carbocycles. The minimum atomic E-state index is -0.497. The Labute approximate surface area is 158 Å². The number of hydrogen-bond donors (Lipinski definition) is 2. The van der Waals surface area contributed by atoms with Crippen molar-refractivity contribution in [3.8, 4) is 0 Å². The number of anilines is 1. The van der Waals surface area contributed by atoms with Crippen molar-refractivity contribution in [1.29, 1.82) is 0 Å². The molecule has 0 saturated heterocycles. The van der Waals surface area contributed by atoms with E-state index in [0.29, 0.717) is 17.8 Å². The van der Waals surface area contributed by atoms with Gasteiger partial charge in [0.25, 0.3) is 11.8 Å². The molecule has 0 aliphatic rings. The van der Waals surface area contributed by atoms with Crippen molar-refractivity contribution in [2.45, 2.75) is 27.3 Å². The first-order chi connectivity index (χ1) is 12.9. The molecule has 0 bridgehead atoms. The van der Waals surface area contributed by atoms with Crippen molar-refractivity contribution < 1.29 is 19.1 Å². The van der Waals surface area contributed by atoms with Gasteiger partial charge in [0.15, 0.2) is 6.61 Å². The highest BCUT2D eigenvalue weighted by Gasteiger charge is 2.15. The summed E-state index contributed by atoms with van der Waals surface area (Å²) in [6.45, 7) is 5.37. The van der Waals surface area contributed by atoms with Crippen molar-refractivity contribution >= 4 is 23.5 Å². The van der Waals surface area contributed by atoms with Gasteiger partial charge in [0.2, 0.25) is 0 Å². The topological polar surface area (TPSA) is 84.5 Å². The number of carbonyl (C=O) groups is 3. The molecule has 0 radical (unpaired) electrons. The summed E-state index contributed by atoms with van der Waals surface area (Å²) in [6, 6.07) is 14.5. The fourth-order valence-corrected chi connectivity index (χ4v) is 2.26. The Morgan fingerprint density at radius 1 is 1.00 bits per heavy atom. The van der Waals surface area contributed by atoms with Gasteiger partial charge in [0.05, 0.1) is 17.2 Å². The molecular weight excluding hydrogens is 344 g/mol. The van der Waals surface area contributed by atoms with E-state index in [1.807, 2.05) is 31.2 Å². The highest BCUT2D eigenvalue weighted by Crippen LogP contribution is 2.15. The van der Waals surface area contributed by atoms with E-state index < -0.39 is 18.5 Å². The molecule has 0 atom stereocenters. The first kappa shape index (κ1) is 20.2. The number of rotatable bonds is 7. The Morgan fingerprint density at radius 3 is 2.33 bits per heavy atom. The number of amides is 2. The highest BCUT2D eigenvalue weighted by molar-refractivity contribution is 6.04. The molecule has 2 rings (SSSR count). The molecule has 0 heterocycles. The van der Waals surface area contributed by atoms with Crippen LogP contribution in [0.5, 0.6) is 0 Å². The number of aryl methyl sites for hydroxylation is 1. The van der Waals surface area contributed by atoms with Crippen LogP contribution in [0, 0.1) is 12.8 Å². The Morgan fingerprint density at radius 2 is 1.67 bits per heavy atom. The third-order valence-electron chi connectivity index (χ3n) is 3.84. The maximum absolute atomic E-state index is 12.5. The molecule has 2 N–H and O–H groups in total. The van der Waals surface area contributed by atoms with Crippen molar-refractivity contribution in [1.82, 2.24) is 5.32 Å². The molecule has 142 valence electrons. The van der Waals surface area contributed by atoms with E-state index in [-0.39, 0.29) is 11.8 Å². The number of carbonyl (C=O) groups excluding carboxylic acids is 3. The second-order valence-electron chi connectivity index (χ2n) is 6.52. The fourth-order valence-electron chi connectivity index (χ4n) is 2.26. The van der Waals surface area contributed by atoms with Crippen LogP contribution in [0.15, 0.2) is 48.5 Å². The van der Waals surface area contributed by atoms with Crippen molar-refractivity contribution in [3.05, 3.63) is 65.2 Å². The van der Waals surface area contributed by atoms with Gasteiger partial charge in [-0.1, -0.05) is 55.8 Å². The lowest BCUT2D eigenvalue weighted by molar-refractivity contribution is -0.150. The van der Waals surface area contributed by atoms with Gasteiger partial charge in [-0.05, 0) is 24.6 Å². The summed E-state index contributed by atoms with van der Waals surface area (Å²) in [4.78, 5) is 35.9. The Balaban J connectivity index is 1.97. The largest absolute Gasteiger partial charge is 0.455 e. The maximum Gasteiger partial charge on any atom is 0.308 e. The number of nitrogens with one attached hydrogen (secondary N) is 2. The molecule has 0 unspecified atom stereocenters. The first-order valence-electron chi connectivity index (χ1n) is 8.76. The van der Waals surface area contributed by atoms with Crippen LogP contribution in [0.25, 0.3) is 0 Å². The molecule has 2 amide bonds. The average Bonchev–Trinajstić information content (AvgIpc) is 2.65. The summed E-state index contributed by atoms with van der Waals surface area (Å²) in [7, 11) is 0. The molecule has 27 heavy (non-hydrogen) atoms. The van der Waals surface area contributed by atoms with E-state index in [1.165, 1.54) is 0 Å². The molecule has 0 aromatic heterocycles. The van der Waals surface area contributed by atoms with Crippen molar-refractivity contribution in [2.24, 2.45) is 5.92 Å². The summed E-state index contributed by atoms with van der Waals surface area (Å²) in [6.07, 6.45) is 0. The van der Waals surface area contributed by atoms with Crippen LogP contribution in [0.2, 0.25) is 0 Å². The van der Waals surface area contributed by atoms with E-state index in [2.05, 4.69) is 10.6 Å². The molecule has 0 aliphatic heterocycles. The van der Waals surface area contributed by atoms with Crippen LogP contribution >= 0.6 is 0 Å². The molecule has 6 nitrogen and oxygen atoms in total.